The van der Waals surface area contributed by atoms with Crippen LogP contribution in [0.1, 0.15) is 12.2 Å². The van der Waals surface area contributed by atoms with Gasteiger partial charge in [-0.1, -0.05) is 22.9 Å². The molecule has 0 unspecified atom stereocenters. The first-order valence-corrected chi connectivity index (χ1v) is 6.48. The van der Waals surface area contributed by atoms with Gasteiger partial charge in [-0.2, -0.15) is 0 Å². The van der Waals surface area contributed by atoms with Crippen molar-refractivity contribution in [3.63, 3.8) is 0 Å². The van der Waals surface area contributed by atoms with Crippen LogP contribution in [0.5, 0.6) is 0 Å². The molecule has 1 N–H and O–H groups in total. The van der Waals surface area contributed by atoms with Gasteiger partial charge in [-0.25, -0.2) is 0 Å². The van der Waals surface area contributed by atoms with E-state index in [0.29, 0.717) is 17.3 Å². The molecule has 1 aromatic carbocycles. The van der Waals surface area contributed by atoms with Crippen LogP contribution in [0.4, 0.5) is 0 Å². The SMILES string of the molecule is O=C(O)CCc1nnc2sc3cc(Cl)ccc3n12. The second-order valence-electron chi connectivity index (χ2n) is 3.84. The number of fused-ring (bicyclic) bond motifs is 3. The van der Waals surface area contributed by atoms with E-state index in [1.54, 1.807) is 6.07 Å². The minimum atomic E-state index is -0.839. The van der Waals surface area contributed by atoms with Crippen molar-refractivity contribution >= 4 is 44.1 Å². The van der Waals surface area contributed by atoms with Crippen molar-refractivity contribution in [2.45, 2.75) is 12.8 Å². The Hall–Kier alpha value is -1.66. The maximum atomic E-state index is 10.6. The van der Waals surface area contributed by atoms with Crippen LogP contribution in [0.15, 0.2) is 18.2 Å². The molecule has 7 heteroatoms. The van der Waals surface area contributed by atoms with Crippen molar-refractivity contribution < 1.29 is 9.90 Å². The lowest BCUT2D eigenvalue weighted by molar-refractivity contribution is -0.137. The number of hydrogen-bond donors (Lipinski definition) is 1. The van der Waals surface area contributed by atoms with Crippen molar-refractivity contribution in [2.24, 2.45) is 0 Å². The van der Waals surface area contributed by atoms with Crippen molar-refractivity contribution in [1.82, 2.24) is 14.6 Å². The quantitative estimate of drug-likeness (QED) is 0.801. The predicted octanol–water partition coefficient (Wildman–Crippen LogP) is 2.61. The second kappa shape index (κ2) is 4.22. The number of carbonyl (C=O) groups is 1. The highest BCUT2D eigenvalue weighted by Crippen LogP contribution is 2.28. The Balaban J connectivity index is 2.15. The molecule has 92 valence electrons. The molecule has 5 nitrogen and oxygen atoms in total. The molecule has 0 aliphatic heterocycles. The third-order valence-electron chi connectivity index (χ3n) is 2.63. The van der Waals surface area contributed by atoms with Gasteiger partial charge in [-0.3, -0.25) is 9.20 Å². The number of hydrogen-bond acceptors (Lipinski definition) is 4. The lowest BCUT2D eigenvalue weighted by Crippen LogP contribution is -2.01. The Morgan fingerprint density at radius 3 is 3.06 bits per heavy atom. The van der Waals surface area contributed by atoms with E-state index in [4.69, 9.17) is 16.7 Å². The molecule has 0 bridgehead atoms. The van der Waals surface area contributed by atoms with E-state index < -0.39 is 5.97 Å². The van der Waals surface area contributed by atoms with E-state index in [1.807, 2.05) is 16.5 Å². The fourth-order valence-corrected chi connectivity index (χ4v) is 3.10. The van der Waals surface area contributed by atoms with Crippen LogP contribution in [-0.4, -0.2) is 25.7 Å². The smallest absolute Gasteiger partial charge is 0.303 e. The average molecular weight is 282 g/mol. The molecule has 0 atom stereocenters. The summed E-state index contributed by atoms with van der Waals surface area (Å²) in [6, 6.07) is 5.57. The van der Waals surface area contributed by atoms with Crippen LogP contribution < -0.4 is 0 Å². The van der Waals surface area contributed by atoms with Crippen LogP contribution in [0.25, 0.3) is 15.2 Å². The summed E-state index contributed by atoms with van der Waals surface area (Å²) in [5.41, 5.74) is 0.963. The molecule has 0 radical (unpaired) electrons. The Morgan fingerprint density at radius 2 is 2.28 bits per heavy atom. The molecule has 2 heterocycles. The van der Waals surface area contributed by atoms with Crippen molar-refractivity contribution in [1.29, 1.82) is 0 Å². The van der Waals surface area contributed by atoms with Gasteiger partial charge >= 0.3 is 5.97 Å². The lowest BCUT2D eigenvalue weighted by atomic mass is 10.3. The van der Waals surface area contributed by atoms with Gasteiger partial charge < -0.3 is 5.11 Å². The molecule has 0 saturated carbocycles. The minimum Gasteiger partial charge on any atom is -0.481 e. The van der Waals surface area contributed by atoms with Gasteiger partial charge in [0.25, 0.3) is 0 Å². The third kappa shape index (κ3) is 1.83. The van der Waals surface area contributed by atoms with Crippen LogP contribution in [0.3, 0.4) is 0 Å². The molecular weight excluding hydrogens is 274 g/mol. The zero-order chi connectivity index (χ0) is 12.7. The summed E-state index contributed by atoms with van der Waals surface area (Å²) in [7, 11) is 0. The van der Waals surface area contributed by atoms with Gasteiger partial charge in [-0.15, -0.1) is 10.2 Å². The van der Waals surface area contributed by atoms with E-state index in [9.17, 15) is 4.79 Å². The summed E-state index contributed by atoms with van der Waals surface area (Å²) in [5, 5.41) is 17.5. The predicted molar refractivity (Wildman–Crippen MR) is 69.3 cm³/mol. The van der Waals surface area contributed by atoms with Gasteiger partial charge in [0.15, 0.2) is 0 Å². The first-order valence-electron chi connectivity index (χ1n) is 5.29. The number of halogens is 1. The zero-order valence-corrected chi connectivity index (χ0v) is 10.7. The summed E-state index contributed by atoms with van der Waals surface area (Å²) in [6.07, 6.45) is 0.413. The highest BCUT2D eigenvalue weighted by atomic mass is 35.5. The van der Waals surface area contributed by atoms with Crippen LogP contribution in [0, 0.1) is 0 Å². The maximum Gasteiger partial charge on any atom is 0.303 e. The number of aromatic nitrogens is 3. The van der Waals surface area contributed by atoms with Crippen molar-refractivity contribution in [2.75, 3.05) is 0 Å². The van der Waals surface area contributed by atoms with Crippen molar-refractivity contribution in [3.05, 3.63) is 29.0 Å². The summed E-state index contributed by atoms with van der Waals surface area (Å²) in [6.45, 7) is 0. The Labute approximate surface area is 111 Å². The Kier molecular flexibility index (Phi) is 2.68. The van der Waals surface area contributed by atoms with Gasteiger partial charge in [0.2, 0.25) is 4.96 Å². The summed E-state index contributed by atoms with van der Waals surface area (Å²) in [4.78, 5) is 11.4. The molecule has 3 aromatic rings. The Bertz CT molecular complexity index is 749. The number of rotatable bonds is 3. The second-order valence-corrected chi connectivity index (χ2v) is 5.29. The number of nitrogens with zero attached hydrogens (tertiary/aromatic N) is 3. The first kappa shape index (κ1) is 11.4. The molecule has 3 rings (SSSR count). The van der Waals surface area contributed by atoms with Gasteiger partial charge in [0.1, 0.15) is 5.82 Å². The van der Waals surface area contributed by atoms with Gasteiger partial charge in [-0.05, 0) is 18.2 Å². The molecule has 0 amide bonds. The molecule has 0 aliphatic rings. The fourth-order valence-electron chi connectivity index (χ4n) is 1.84. The van der Waals surface area contributed by atoms with E-state index in [0.717, 1.165) is 15.2 Å². The minimum absolute atomic E-state index is 0.0473. The average Bonchev–Trinajstić information content (AvgIpc) is 2.84. The molecule has 0 aliphatic carbocycles. The monoisotopic (exact) mass is 281 g/mol. The zero-order valence-electron chi connectivity index (χ0n) is 9.13. The molecular formula is C11H8ClN3O2S. The van der Waals surface area contributed by atoms with Crippen molar-refractivity contribution in [3.8, 4) is 0 Å². The fraction of sp³-hybridized carbons (Fsp3) is 0.182. The number of carboxylic acid groups (broad SMARTS) is 1. The largest absolute Gasteiger partial charge is 0.481 e. The van der Waals surface area contributed by atoms with Gasteiger partial charge in [0, 0.05) is 11.4 Å². The number of aliphatic carboxylic acids is 1. The van der Waals surface area contributed by atoms with Crippen LogP contribution in [-0.2, 0) is 11.2 Å². The standard InChI is InChI=1S/C11H8ClN3O2S/c12-6-1-2-7-8(5-6)18-11-14-13-9(15(7)11)3-4-10(16)17/h1-2,5H,3-4H2,(H,16,17). The summed E-state index contributed by atoms with van der Waals surface area (Å²) >= 11 is 7.43. The first-order chi connectivity index (χ1) is 8.65. The maximum absolute atomic E-state index is 10.6. The molecule has 0 fully saturated rings. The Morgan fingerprint density at radius 1 is 1.44 bits per heavy atom. The van der Waals surface area contributed by atoms with E-state index in [1.165, 1.54) is 11.3 Å². The summed E-state index contributed by atoms with van der Waals surface area (Å²) < 4.78 is 2.91. The summed E-state index contributed by atoms with van der Waals surface area (Å²) in [5.74, 6) is -0.171. The van der Waals surface area contributed by atoms with E-state index in [2.05, 4.69) is 10.2 Å². The highest BCUT2D eigenvalue weighted by Gasteiger charge is 2.13. The number of aryl methyl sites for hydroxylation is 1. The topological polar surface area (TPSA) is 67.5 Å². The highest BCUT2D eigenvalue weighted by molar-refractivity contribution is 7.23. The number of carboxylic acids is 1. The van der Waals surface area contributed by atoms with Crippen LogP contribution >= 0.6 is 22.9 Å². The lowest BCUT2D eigenvalue weighted by Gasteiger charge is -1.97. The number of benzene rings is 1. The van der Waals surface area contributed by atoms with E-state index >= 15 is 0 Å². The van der Waals surface area contributed by atoms with Gasteiger partial charge in [0.05, 0.1) is 16.6 Å². The van der Waals surface area contributed by atoms with E-state index in [-0.39, 0.29) is 6.42 Å². The molecule has 0 spiro atoms. The molecule has 18 heavy (non-hydrogen) atoms. The van der Waals surface area contributed by atoms with Crippen LogP contribution in [0.2, 0.25) is 5.02 Å². The molecule has 2 aromatic heterocycles. The number of thiazole rings is 1. The molecule has 0 saturated heterocycles. The third-order valence-corrected chi connectivity index (χ3v) is 3.86. The normalized spacial score (nSPS) is 11.4.